The Morgan fingerprint density at radius 3 is 2.48 bits per heavy atom. The maximum Gasteiger partial charge on any atom is 0.223 e. The predicted molar refractivity (Wildman–Crippen MR) is 120 cm³/mol. The van der Waals surface area contributed by atoms with E-state index in [0.717, 1.165) is 47.8 Å². The van der Waals surface area contributed by atoms with Gasteiger partial charge in [-0.25, -0.2) is 9.97 Å². The number of carbonyl (C=O) groups is 1. The number of hydrogen-bond donors (Lipinski definition) is 1. The van der Waals surface area contributed by atoms with Crippen molar-refractivity contribution in [3.05, 3.63) is 42.2 Å². The molecule has 0 atom stereocenters. The van der Waals surface area contributed by atoms with Gasteiger partial charge in [0.1, 0.15) is 16.5 Å². The first kappa shape index (κ1) is 19.8. The van der Waals surface area contributed by atoms with Crippen LogP contribution in [0.5, 0.6) is 0 Å². The second kappa shape index (κ2) is 7.75. The smallest absolute Gasteiger partial charge is 0.223 e. The number of carbonyl (C=O) groups excluding carboxylic acids is 1. The number of fused-ring (bicyclic) bond motifs is 1. The van der Waals surface area contributed by atoms with Crippen LogP contribution in [0.3, 0.4) is 0 Å². The van der Waals surface area contributed by atoms with Crippen molar-refractivity contribution in [3.63, 3.8) is 0 Å². The maximum absolute atomic E-state index is 12.5. The number of piperidine rings is 1. The van der Waals surface area contributed by atoms with E-state index in [2.05, 4.69) is 45.5 Å². The molecular weight excluding hydrogens is 380 g/mol. The van der Waals surface area contributed by atoms with E-state index >= 15 is 0 Å². The molecule has 0 bridgehead atoms. The molecule has 4 rings (SSSR count). The number of rotatable bonds is 3. The number of nitrogens with one attached hydrogen (secondary N) is 1. The van der Waals surface area contributed by atoms with E-state index in [0.29, 0.717) is 0 Å². The van der Waals surface area contributed by atoms with Crippen LogP contribution in [-0.2, 0) is 4.79 Å². The highest BCUT2D eigenvalue weighted by Gasteiger charge is 2.29. The molecule has 2 aromatic heterocycles. The molecule has 0 aliphatic carbocycles. The standard InChI is InChI=1S/C23H28N4OS/c1-15-24-20(27-12-10-17(11-13-27)21(28)26-23(2,3)4)18-14-19(29-22(18)25-15)16-8-6-5-7-9-16/h5-9,14,17H,10-13H2,1-4H3,(H,26,28). The van der Waals surface area contributed by atoms with Crippen LogP contribution in [0.15, 0.2) is 36.4 Å². The molecule has 1 fully saturated rings. The third-order valence-electron chi connectivity index (χ3n) is 5.21. The Morgan fingerprint density at radius 1 is 1.14 bits per heavy atom. The highest BCUT2D eigenvalue weighted by molar-refractivity contribution is 7.21. The molecule has 0 saturated carbocycles. The van der Waals surface area contributed by atoms with Gasteiger partial charge in [0, 0.05) is 29.4 Å². The summed E-state index contributed by atoms with van der Waals surface area (Å²) >= 11 is 1.71. The van der Waals surface area contributed by atoms with Gasteiger partial charge in [0.05, 0.1) is 5.39 Å². The van der Waals surface area contributed by atoms with Crippen LogP contribution in [0.4, 0.5) is 5.82 Å². The minimum atomic E-state index is -0.186. The Labute approximate surface area is 176 Å². The summed E-state index contributed by atoms with van der Waals surface area (Å²) in [6.07, 6.45) is 1.70. The summed E-state index contributed by atoms with van der Waals surface area (Å²) in [5.74, 6) is 2.04. The van der Waals surface area contributed by atoms with Crippen molar-refractivity contribution in [3.8, 4) is 10.4 Å². The highest BCUT2D eigenvalue weighted by Crippen LogP contribution is 2.37. The van der Waals surface area contributed by atoms with Crippen LogP contribution in [0, 0.1) is 12.8 Å². The number of aryl methyl sites for hydroxylation is 1. The molecule has 29 heavy (non-hydrogen) atoms. The molecule has 6 heteroatoms. The summed E-state index contributed by atoms with van der Waals surface area (Å²) in [7, 11) is 0. The molecule has 1 amide bonds. The molecule has 0 radical (unpaired) electrons. The predicted octanol–water partition coefficient (Wildman–Crippen LogP) is 4.80. The van der Waals surface area contributed by atoms with Crippen molar-refractivity contribution in [1.82, 2.24) is 15.3 Å². The van der Waals surface area contributed by atoms with E-state index in [-0.39, 0.29) is 17.4 Å². The lowest BCUT2D eigenvalue weighted by atomic mass is 9.94. The lowest BCUT2D eigenvalue weighted by Crippen LogP contribution is -2.47. The van der Waals surface area contributed by atoms with Crippen LogP contribution >= 0.6 is 11.3 Å². The molecule has 152 valence electrons. The van der Waals surface area contributed by atoms with E-state index in [1.807, 2.05) is 33.8 Å². The van der Waals surface area contributed by atoms with Crippen LogP contribution < -0.4 is 10.2 Å². The first-order valence-corrected chi connectivity index (χ1v) is 11.0. The molecule has 1 N–H and O–H groups in total. The largest absolute Gasteiger partial charge is 0.356 e. The number of hydrogen-bond acceptors (Lipinski definition) is 5. The van der Waals surface area contributed by atoms with Crippen molar-refractivity contribution in [2.45, 2.75) is 46.1 Å². The zero-order valence-corrected chi connectivity index (χ0v) is 18.3. The van der Waals surface area contributed by atoms with Gasteiger partial charge < -0.3 is 10.2 Å². The number of nitrogens with zero attached hydrogens (tertiary/aromatic N) is 3. The van der Waals surface area contributed by atoms with Gasteiger partial charge >= 0.3 is 0 Å². The third-order valence-corrected chi connectivity index (χ3v) is 6.28. The van der Waals surface area contributed by atoms with Crippen molar-refractivity contribution in [1.29, 1.82) is 0 Å². The summed E-state index contributed by atoms with van der Waals surface area (Å²) in [6.45, 7) is 9.72. The lowest BCUT2D eigenvalue weighted by Gasteiger charge is -2.34. The number of anilines is 1. The van der Waals surface area contributed by atoms with Gasteiger partial charge in [0.15, 0.2) is 0 Å². The molecule has 1 aromatic carbocycles. The van der Waals surface area contributed by atoms with Crippen molar-refractivity contribution in [2.24, 2.45) is 5.92 Å². The van der Waals surface area contributed by atoms with E-state index < -0.39 is 0 Å². The summed E-state index contributed by atoms with van der Waals surface area (Å²) < 4.78 is 0. The van der Waals surface area contributed by atoms with Crippen molar-refractivity contribution < 1.29 is 4.79 Å². The van der Waals surface area contributed by atoms with Crippen LogP contribution in [0.25, 0.3) is 20.7 Å². The summed E-state index contributed by atoms with van der Waals surface area (Å²) in [5.41, 5.74) is 1.02. The first-order valence-electron chi connectivity index (χ1n) is 10.2. The van der Waals surface area contributed by atoms with E-state index in [1.165, 1.54) is 10.4 Å². The average Bonchev–Trinajstić information content (AvgIpc) is 3.11. The van der Waals surface area contributed by atoms with Crippen LogP contribution in [-0.4, -0.2) is 34.5 Å². The Hall–Kier alpha value is -2.47. The van der Waals surface area contributed by atoms with Gasteiger partial charge in [0.25, 0.3) is 0 Å². The fourth-order valence-corrected chi connectivity index (χ4v) is 4.90. The van der Waals surface area contributed by atoms with Gasteiger partial charge in [0.2, 0.25) is 5.91 Å². The topological polar surface area (TPSA) is 58.1 Å². The number of benzene rings is 1. The quantitative estimate of drug-likeness (QED) is 0.676. The second-order valence-electron chi connectivity index (χ2n) is 8.79. The first-order chi connectivity index (χ1) is 13.8. The van der Waals surface area contributed by atoms with Gasteiger partial charge in [-0.15, -0.1) is 11.3 Å². The molecule has 3 heterocycles. The number of aromatic nitrogens is 2. The monoisotopic (exact) mass is 408 g/mol. The van der Waals surface area contributed by atoms with Crippen LogP contribution in [0.2, 0.25) is 0 Å². The summed E-state index contributed by atoms with van der Waals surface area (Å²) in [5, 5.41) is 4.23. The molecule has 5 nitrogen and oxygen atoms in total. The fraction of sp³-hybridized carbons (Fsp3) is 0.435. The summed E-state index contributed by atoms with van der Waals surface area (Å²) in [6, 6.07) is 12.6. The minimum Gasteiger partial charge on any atom is -0.356 e. The zero-order valence-electron chi connectivity index (χ0n) is 17.5. The Balaban J connectivity index is 1.57. The number of amides is 1. The maximum atomic E-state index is 12.5. The van der Waals surface area contributed by atoms with Crippen molar-refractivity contribution >= 4 is 33.3 Å². The van der Waals surface area contributed by atoms with E-state index in [9.17, 15) is 4.79 Å². The SMILES string of the molecule is Cc1nc(N2CCC(C(=O)NC(C)(C)C)CC2)c2cc(-c3ccccc3)sc2n1. The minimum absolute atomic E-state index is 0.0752. The molecule has 0 unspecified atom stereocenters. The molecule has 1 aliphatic heterocycles. The normalized spacial score (nSPS) is 15.7. The van der Waals surface area contributed by atoms with Gasteiger partial charge in [-0.2, -0.15) is 0 Å². The molecular formula is C23H28N4OS. The molecule has 3 aromatic rings. The highest BCUT2D eigenvalue weighted by atomic mass is 32.1. The van der Waals surface area contributed by atoms with Crippen molar-refractivity contribution in [2.75, 3.05) is 18.0 Å². The zero-order chi connectivity index (χ0) is 20.6. The van der Waals surface area contributed by atoms with E-state index in [1.54, 1.807) is 11.3 Å². The average molecular weight is 409 g/mol. The van der Waals surface area contributed by atoms with Gasteiger partial charge in [-0.05, 0) is 52.2 Å². The second-order valence-corrected chi connectivity index (χ2v) is 9.82. The van der Waals surface area contributed by atoms with Crippen LogP contribution in [0.1, 0.15) is 39.4 Å². The molecule has 1 aliphatic rings. The Bertz CT molecular complexity index is 1010. The lowest BCUT2D eigenvalue weighted by molar-refractivity contribution is -0.127. The third kappa shape index (κ3) is 4.42. The fourth-order valence-electron chi connectivity index (χ4n) is 3.82. The van der Waals surface area contributed by atoms with Gasteiger partial charge in [-0.1, -0.05) is 30.3 Å². The Kier molecular flexibility index (Phi) is 5.30. The van der Waals surface area contributed by atoms with E-state index in [4.69, 9.17) is 4.98 Å². The number of thiophene rings is 1. The van der Waals surface area contributed by atoms with Gasteiger partial charge in [-0.3, -0.25) is 4.79 Å². The Morgan fingerprint density at radius 2 is 1.83 bits per heavy atom. The summed E-state index contributed by atoms with van der Waals surface area (Å²) in [4.78, 5) is 26.5. The molecule has 0 spiro atoms. The molecule has 1 saturated heterocycles.